The fraction of sp³-hybridized carbons (Fsp3) is 0.625. The van der Waals surface area contributed by atoms with Crippen LogP contribution in [0.5, 0.6) is 0 Å². The van der Waals surface area contributed by atoms with Crippen LogP contribution in [-0.2, 0) is 0 Å². The Morgan fingerprint density at radius 3 is 3.30 bits per heavy atom. The van der Waals surface area contributed by atoms with Crippen molar-refractivity contribution in [2.75, 3.05) is 0 Å². The Morgan fingerprint density at radius 2 is 2.40 bits per heavy atom. The van der Waals surface area contributed by atoms with Crippen molar-refractivity contribution in [1.29, 1.82) is 0 Å². The highest BCUT2D eigenvalue weighted by Crippen LogP contribution is 2.25. The summed E-state index contributed by atoms with van der Waals surface area (Å²) < 4.78 is 0. The summed E-state index contributed by atoms with van der Waals surface area (Å²) in [6, 6.07) is 0.492. The van der Waals surface area contributed by atoms with Gasteiger partial charge in [0.15, 0.2) is 0 Å². The van der Waals surface area contributed by atoms with Gasteiger partial charge in [-0.2, -0.15) is 0 Å². The van der Waals surface area contributed by atoms with Crippen LogP contribution >= 0.6 is 0 Å². The molecule has 1 saturated carbocycles. The zero-order valence-electron chi connectivity index (χ0n) is 5.95. The van der Waals surface area contributed by atoms with Gasteiger partial charge in [0, 0.05) is 6.20 Å². The molecular formula is C8H11N2. The smallest absolute Gasteiger partial charge is 0.110 e. The van der Waals surface area contributed by atoms with Crippen LogP contribution in [0.3, 0.4) is 0 Å². The van der Waals surface area contributed by atoms with Gasteiger partial charge < -0.3 is 0 Å². The summed E-state index contributed by atoms with van der Waals surface area (Å²) in [5.41, 5.74) is 1.44. The van der Waals surface area contributed by atoms with Gasteiger partial charge in [0.05, 0.1) is 6.04 Å². The molecule has 1 aliphatic carbocycles. The van der Waals surface area contributed by atoms with E-state index >= 15 is 0 Å². The second kappa shape index (κ2) is 2.45. The topological polar surface area (TPSA) is 26.5 Å². The third kappa shape index (κ3) is 0.939. The average Bonchev–Trinajstić information content (AvgIpc) is 2.05. The summed E-state index contributed by atoms with van der Waals surface area (Å²) in [7, 11) is 0. The molecule has 1 unspecified atom stereocenters. The molecule has 2 rings (SSSR count). The fourth-order valence-corrected chi connectivity index (χ4v) is 1.59. The van der Waals surface area contributed by atoms with E-state index in [9.17, 15) is 0 Å². The molecule has 1 radical (unpaired) electrons. The van der Waals surface area contributed by atoms with Gasteiger partial charge in [-0.25, -0.2) is 4.99 Å². The van der Waals surface area contributed by atoms with Crippen molar-refractivity contribution in [2.24, 2.45) is 4.99 Å². The van der Waals surface area contributed by atoms with Crippen molar-refractivity contribution in [1.82, 2.24) is 5.32 Å². The van der Waals surface area contributed by atoms with Crippen LogP contribution in [0.1, 0.15) is 25.7 Å². The molecule has 0 aromatic heterocycles. The summed E-state index contributed by atoms with van der Waals surface area (Å²) in [5.74, 6) is 0. The first-order chi connectivity index (χ1) is 4.97. The second-order valence-electron chi connectivity index (χ2n) is 2.88. The maximum Gasteiger partial charge on any atom is 0.110 e. The van der Waals surface area contributed by atoms with Crippen LogP contribution in [0, 0.1) is 0 Å². The molecule has 0 amide bonds. The van der Waals surface area contributed by atoms with Crippen molar-refractivity contribution in [3.63, 3.8) is 0 Å². The number of aliphatic imine (C=N–C) groups is 1. The van der Waals surface area contributed by atoms with Gasteiger partial charge in [-0.05, 0) is 24.8 Å². The molecule has 53 valence electrons. The summed E-state index contributed by atoms with van der Waals surface area (Å²) in [4.78, 5) is 4.01. The standard InChI is InChI=1S/C8H11N2/c1-2-4-8-7(3-1)5-9-6-10-8/h5-6,8H,1-4H2. The van der Waals surface area contributed by atoms with Crippen LogP contribution < -0.4 is 5.32 Å². The van der Waals surface area contributed by atoms with E-state index in [1.807, 2.05) is 6.20 Å². The van der Waals surface area contributed by atoms with Crippen molar-refractivity contribution in [3.8, 4) is 0 Å². The highest BCUT2D eigenvalue weighted by Gasteiger charge is 2.19. The Kier molecular flexibility index (Phi) is 1.46. The van der Waals surface area contributed by atoms with Crippen LogP contribution in [0.4, 0.5) is 0 Å². The van der Waals surface area contributed by atoms with Gasteiger partial charge in [0.2, 0.25) is 0 Å². The second-order valence-corrected chi connectivity index (χ2v) is 2.88. The minimum absolute atomic E-state index is 0.492. The highest BCUT2D eigenvalue weighted by atomic mass is 15.0. The van der Waals surface area contributed by atoms with E-state index in [0.29, 0.717) is 6.04 Å². The zero-order valence-corrected chi connectivity index (χ0v) is 5.95. The van der Waals surface area contributed by atoms with E-state index in [4.69, 9.17) is 0 Å². The average molecular weight is 135 g/mol. The molecule has 1 atom stereocenters. The lowest BCUT2D eigenvalue weighted by Gasteiger charge is -2.24. The quantitative estimate of drug-likeness (QED) is 0.480. The van der Waals surface area contributed by atoms with Gasteiger partial charge in [-0.15, -0.1) is 0 Å². The largest absolute Gasteiger partial charge is 0.266 e. The molecule has 0 spiro atoms. The van der Waals surface area contributed by atoms with E-state index < -0.39 is 0 Å². The summed E-state index contributed by atoms with van der Waals surface area (Å²) >= 11 is 0. The molecule has 0 aromatic rings. The summed E-state index contributed by atoms with van der Waals surface area (Å²) in [5, 5.41) is 4.29. The highest BCUT2D eigenvalue weighted by molar-refractivity contribution is 5.58. The number of nitrogens with zero attached hydrogens (tertiary/aromatic N) is 2. The molecule has 1 heterocycles. The number of hydrogen-bond donors (Lipinski definition) is 0. The molecule has 0 N–H and O–H groups in total. The molecule has 2 heteroatoms. The summed E-state index contributed by atoms with van der Waals surface area (Å²) in [6.45, 7) is 0. The maximum absolute atomic E-state index is 4.29. The third-order valence-electron chi connectivity index (χ3n) is 2.17. The van der Waals surface area contributed by atoms with Crippen LogP contribution in [0.25, 0.3) is 0 Å². The fourth-order valence-electron chi connectivity index (χ4n) is 1.59. The van der Waals surface area contributed by atoms with Crippen LogP contribution in [0.15, 0.2) is 16.8 Å². The predicted octanol–water partition coefficient (Wildman–Crippen LogP) is 1.46. The molecule has 0 aromatic carbocycles. The Hall–Kier alpha value is -0.790. The SMILES string of the molecule is C1=NC=C2CCCCC2[N]1. The lowest BCUT2D eigenvalue weighted by atomic mass is 9.90. The first-order valence-electron chi connectivity index (χ1n) is 3.87. The van der Waals surface area contributed by atoms with Crippen molar-refractivity contribution in [2.45, 2.75) is 31.7 Å². The molecule has 0 saturated heterocycles. The molecule has 10 heavy (non-hydrogen) atoms. The summed E-state index contributed by atoms with van der Waals surface area (Å²) in [6.07, 6.45) is 8.77. The number of hydrogen-bond acceptors (Lipinski definition) is 1. The number of rotatable bonds is 0. The lowest BCUT2D eigenvalue weighted by molar-refractivity contribution is 0.498. The first kappa shape index (κ1) is 5.96. The molecule has 1 fully saturated rings. The Balaban J connectivity index is 2.14. The van der Waals surface area contributed by atoms with Gasteiger partial charge in [0.25, 0.3) is 0 Å². The molecule has 2 nitrogen and oxygen atoms in total. The van der Waals surface area contributed by atoms with Gasteiger partial charge in [-0.3, -0.25) is 5.32 Å². The molecular weight excluding hydrogens is 124 g/mol. The van der Waals surface area contributed by atoms with E-state index in [1.54, 1.807) is 6.34 Å². The van der Waals surface area contributed by atoms with E-state index in [1.165, 1.54) is 31.3 Å². The van der Waals surface area contributed by atoms with Crippen LogP contribution in [-0.4, -0.2) is 12.4 Å². The van der Waals surface area contributed by atoms with E-state index in [-0.39, 0.29) is 0 Å². The van der Waals surface area contributed by atoms with Gasteiger partial charge in [-0.1, -0.05) is 6.42 Å². The predicted molar refractivity (Wildman–Crippen MR) is 41.0 cm³/mol. The first-order valence-corrected chi connectivity index (χ1v) is 3.87. The zero-order chi connectivity index (χ0) is 6.81. The minimum Gasteiger partial charge on any atom is -0.266 e. The normalized spacial score (nSPS) is 30.4. The number of fused-ring (bicyclic) bond motifs is 1. The van der Waals surface area contributed by atoms with E-state index in [0.717, 1.165) is 0 Å². The van der Waals surface area contributed by atoms with Gasteiger partial charge in [0.1, 0.15) is 6.34 Å². The van der Waals surface area contributed by atoms with Crippen molar-refractivity contribution in [3.05, 3.63) is 11.8 Å². The lowest BCUT2D eigenvalue weighted by Crippen LogP contribution is -2.28. The van der Waals surface area contributed by atoms with Gasteiger partial charge >= 0.3 is 0 Å². The van der Waals surface area contributed by atoms with Crippen LogP contribution in [0.2, 0.25) is 0 Å². The Morgan fingerprint density at radius 1 is 1.40 bits per heavy atom. The molecule has 1 aliphatic heterocycles. The monoisotopic (exact) mass is 135 g/mol. The Bertz CT molecular complexity index is 182. The minimum atomic E-state index is 0.492. The molecule has 0 bridgehead atoms. The maximum atomic E-state index is 4.29. The van der Waals surface area contributed by atoms with Crippen molar-refractivity contribution < 1.29 is 0 Å². The van der Waals surface area contributed by atoms with Crippen molar-refractivity contribution >= 4 is 6.34 Å². The van der Waals surface area contributed by atoms with E-state index in [2.05, 4.69) is 10.3 Å². The molecule has 2 aliphatic rings. The third-order valence-corrected chi connectivity index (χ3v) is 2.17. The Labute approximate surface area is 61.0 Å².